The van der Waals surface area contributed by atoms with Crippen molar-refractivity contribution >= 4 is 26.8 Å². The Morgan fingerprint density at radius 2 is 2.00 bits per heavy atom. The highest BCUT2D eigenvalue weighted by Crippen LogP contribution is 2.35. The highest BCUT2D eigenvalue weighted by atomic mass is 79.9. The number of benzene rings is 1. The van der Waals surface area contributed by atoms with Gasteiger partial charge in [0.1, 0.15) is 5.82 Å². The summed E-state index contributed by atoms with van der Waals surface area (Å²) in [6.45, 7) is 3.87. The maximum Gasteiger partial charge on any atom is 0.125 e. The molecule has 2 nitrogen and oxygen atoms in total. The van der Waals surface area contributed by atoms with E-state index in [2.05, 4.69) is 15.9 Å². The maximum atomic E-state index is 13.2. The third-order valence-electron chi connectivity index (χ3n) is 2.71. The molecule has 0 fully saturated rings. The Kier molecular flexibility index (Phi) is 2.59. The first-order chi connectivity index (χ1) is 7.32. The van der Waals surface area contributed by atoms with Crippen LogP contribution in [-0.2, 0) is 12.6 Å². The van der Waals surface area contributed by atoms with Crippen molar-refractivity contribution in [3.05, 3.63) is 34.2 Å². The van der Waals surface area contributed by atoms with Crippen molar-refractivity contribution in [3.8, 4) is 0 Å². The Labute approximate surface area is 102 Å². The number of fused-ring (bicyclic) bond motifs is 1. The van der Waals surface area contributed by atoms with E-state index in [4.69, 9.17) is 5.73 Å². The van der Waals surface area contributed by atoms with Crippen LogP contribution in [0.1, 0.15) is 19.5 Å². The molecule has 1 aromatic heterocycles. The van der Waals surface area contributed by atoms with E-state index < -0.39 is 5.54 Å². The molecule has 2 N–H and O–H groups in total. The van der Waals surface area contributed by atoms with Crippen LogP contribution in [0.3, 0.4) is 0 Å². The molecule has 0 spiro atoms. The number of aryl methyl sites for hydroxylation is 1. The summed E-state index contributed by atoms with van der Waals surface area (Å²) in [7, 11) is 1.90. The third kappa shape index (κ3) is 1.66. The Bertz CT molecular complexity index is 552. The Morgan fingerprint density at radius 3 is 2.56 bits per heavy atom. The van der Waals surface area contributed by atoms with E-state index in [0.717, 1.165) is 21.1 Å². The molecule has 0 aliphatic carbocycles. The average molecular weight is 285 g/mol. The molecule has 4 heteroatoms. The smallest absolute Gasteiger partial charge is 0.125 e. The molecule has 2 aromatic rings. The summed E-state index contributed by atoms with van der Waals surface area (Å²) >= 11 is 3.54. The minimum absolute atomic E-state index is 0.234. The van der Waals surface area contributed by atoms with Gasteiger partial charge in [0.25, 0.3) is 0 Å². The first-order valence-corrected chi connectivity index (χ1v) is 5.84. The first-order valence-electron chi connectivity index (χ1n) is 5.05. The van der Waals surface area contributed by atoms with Crippen molar-refractivity contribution < 1.29 is 4.39 Å². The molecule has 0 bridgehead atoms. The van der Waals surface area contributed by atoms with Crippen LogP contribution in [0.5, 0.6) is 0 Å². The van der Waals surface area contributed by atoms with E-state index in [1.165, 1.54) is 12.1 Å². The zero-order chi connectivity index (χ0) is 12.1. The van der Waals surface area contributed by atoms with Crippen LogP contribution in [0.4, 0.5) is 4.39 Å². The Balaban J connectivity index is 2.87. The van der Waals surface area contributed by atoms with Crippen molar-refractivity contribution in [2.45, 2.75) is 19.4 Å². The fourth-order valence-corrected chi connectivity index (χ4v) is 3.19. The molecule has 0 aliphatic rings. The molecule has 16 heavy (non-hydrogen) atoms. The zero-order valence-electron chi connectivity index (χ0n) is 9.51. The van der Waals surface area contributed by atoms with Crippen LogP contribution in [0.15, 0.2) is 22.7 Å². The summed E-state index contributed by atoms with van der Waals surface area (Å²) in [5.41, 5.74) is 7.46. The maximum absolute atomic E-state index is 13.2. The summed E-state index contributed by atoms with van der Waals surface area (Å²) in [6, 6.07) is 4.75. The lowest BCUT2D eigenvalue weighted by Gasteiger charge is -2.20. The number of hydrogen-bond acceptors (Lipinski definition) is 1. The van der Waals surface area contributed by atoms with Crippen molar-refractivity contribution in [3.63, 3.8) is 0 Å². The largest absolute Gasteiger partial charge is 0.345 e. The van der Waals surface area contributed by atoms with Gasteiger partial charge in [-0.3, -0.25) is 0 Å². The summed E-state index contributed by atoms with van der Waals surface area (Å²) in [6.07, 6.45) is 0. The van der Waals surface area contributed by atoms with Crippen molar-refractivity contribution in [1.29, 1.82) is 0 Å². The summed E-state index contributed by atoms with van der Waals surface area (Å²) in [5, 5.41) is 0.984. The van der Waals surface area contributed by atoms with Gasteiger partial charge in [-0.25, -0.2) is 4.39 Å². The van der Waals surface area contributed by atoms with Crippen molar-refractivity contribution in [2.75, 3.05) is 0 Å². The quantitative estimate of drug-likeness (QED) is 0.856. The molecule has 0 unspecified atom stereocenters. The molecule has 0 saturated carbocycles. The second kappa shape index (κ2) is 3.57. The second-order valence-electron chi connectivity index (χ2n) is 4.60. The fraction of sp³-hybridized carbons (Fsp3) is 0.333. The Hall–Kier alpha value is -0.870. The Morgan fingerprint density at radius 1 is 1.38 bits per heavy atom. The van der Waals surface area contributed by atoms with Gasteiger partial charge in [0.2, 0.25) is 0 Å². The molecule has 0 atom stereocenters. The van der Waals surface area contributed by atoms with Gasteiger partial charge in [0.15, 0.2) is 0 Å². The van der Waals surface area contributed by atoms with Crippen LogP contribution in [0.2, 0.25) is 0 Å². The van der Waals surface area contributed by atoms with Crippen LogP contribution in [0, 0.1) is 5.82 Å². The molecular formula is C12H14BrFN2. The summed E-state index contributed by atoms with van der Waals surface area (Å²) < 4.78 is 16.1. The van der Waals surface area contributed by atoms with Crippen LogP contribution in [0.25, 0.3) is 10.9 Å². The lowest BCUT2D eigenvalue weighted by atomic mass is 10.0. The fourth-order valence-electron chi connectivity index (χ4n) is 2.08. The predicted octanol–water partition coefficient (Wildman–Crippen LogP) is 3.27. The standard InChI is InChI=1S/C12H14BrFN2/c1-12(2,15)11-10(13)8-5-4-7(14)6-9(8)16(11)3/h4-6H,15H2,1-3H3. The van der Waals surface area contributed by atoms with Gasteiger partial charge < -0.3 is 10.3 Å². The highest BCUT2D eigenvalue weighted by Gasteiger charge is 2.24. The molecule has 2 rings (SSSR count). The van der Waals surface area contributed by atoms with E-state index in [-0.39, 0.29) is 5.82 Å². The van der Waals surface area contributed by atoms with E-state index in [0.29, 0.717) is 0 Å². The third-order valence-corrected chi connectivity index (χ3v) is 3.51. The number of nitrogens with zero attached hydrogens (tertiary/aromatic N) is 1. The SMILES string of the molecule is Cn1c(C(C)(C)N)c(Br)c2ccc(F)cc21. The molecular weight excluding hydrogens is 271 g/mol. The van der Waals surface area contributed by atoms with Gasteiger partial charge >= 0.3 is 0 Å². The van der Waals surface area contributed by atoms with Gasteiger partial charge in [-0.15, -0.1) is 0 Å². The second-order valence-corrected chi connectivity index (χ2v) is 5.40. The van der Waals surface area contributed by atoms with Gasteiger partial charge in [-0.2, -0.15) is 0 Å². The first kappa shape index (κ1) is 11.6. The number of halogens is 2. The van der Waals surface area contributed by atoms with Gasteiger partial charge in [-0.1, -0.05) is 0 Å². The van der Waals surface area contributed by atoms with E-state index in [9.17, 15) is 4.39 Å². The number of hydrogen-bond donors (Lipinski definition) is 1. The lowest BCUT2D eigenvalue weighted by Crippen LogP contribution is -2.31. The molecule has 0 aliphatic heterocycles. The monoisotopic (exact) mass is 284 g/mol. The number of nitrogens with two attached hydrogens (primary N) is 1. The molecule has 0 radical (unpaired) electrons. The van der Waals surface area contributed by atoms with E-state index in [1.54, 1.807) is 6.07 Å². The number of rotatable bonds is 1. The highest BCUT2D eigenvalue weighted by molar-refractivity contribution is 9.10. The lowest BCUT2D eigenvalue weighted by molar-refractivity contribution is 0.513. The predicted molar refractivity (Wildman–Crippen MR) is 67.8 cm³/mol. The number of aromatic nitrogens is 1. The van der Waals surface area contributed by atoms with Gasteiger partial charge in [0.05, 0.1) is 16.7 Å². The van der Waals surface area contributed by atoms with Crippen molar-refractivity contribution in [1.82, 2.24) is 4.57 Å². The van der Waals surface area contributed by atoms with Gasteiger partial charge in [0, 0.05) is 16.9 Å². The zero-order valence-corrected chi connectivity index (χ0v) is 11.1. The molecule has 1 heterocycles. The average Bonchev–Trinajstić information content (AvgIpc) is 2.38. The summed E-state index contributed by atoms with van der Waals surface area (Å²) in [5.74, 6) is -0.234. The molecule has 1 aromatic carbocycles. The minimum atomic E-state index is -0.469. The summed E-state index contributed by atoms with van der Waals surface area (Å²) in [4.78, 5) is 0. The van der Waals surface area contributed by atoms with E-state index >= 15 is 0 Å². The molecule has 0 saturated heterocycles. The van der Waals surface area contributed by atoms with Crippen molar-refractivity contribution in [2.24, 2.45) is 12.8 Å². The minimum Gasteiger partial charge on any atom is -0.345 e. The van der Waals surface area contributed by atoms with E-state index in [1.807, 2.05) is 25.5 Å². The topological polar surface area (TPSA) is 30.9 Å². The normalized spacial score (nSPS) is 12.4. The molecule has 0 amide bonds. The van der Waals surface area contributed by atoms with Crippen LogP contribution >= 0.6 is 15.9 Å². The molecule has 86 valence electrons. The van der Waals surface area contributed by atoms with Gasteiger partial charge in [-0.05, 0) is 48.0 Å². The van der Waals surface area contributed by atoms with Crippen LogP contribution in [-0.4, -0.2) is 4.57 Å². The van der Waals surface area contributed by atoms with Crippen LogP contribution < -0.4 is 5.73 Å².